The zero-order valence-corrected chi connectivity index (χ0v) is 31.5. The number of fused-ring (bicyclic) bond motifs is 5. The highest BCUT2D eigenvalue weighted by atomic mass is 15.2. The van der Waals surface area contributed by atoms with Gasteiger partial charge in [0.25, 0.3) is 0 Å². The quantitative estimate of drug-likeness (QED) is 0.164. The van der Waals surface area contributed by atoms with E-state index in [0.29, 0.717) is 0 Å². The molecule has 1 aliphatic rings. The lowest BCUT2D eigenvalue weighted by Crippen LogP contribution is -2.18. The summed E-state index contributed by atoms with van der Waals surface area (Å²) in [5, 5.41) is 7.39. The summed E-state index contributed by atoms with van der Waals surface area (Å²) < 4.78 is 2.37. The summed E-state index contributed by atoms with van der Waals surface area (Å²) in [6.07, 6.45) is 0. The molecular formula is C55H35N3. The number of benzene rings is 10. The summed E-state index contributed by atoms with van der Waals surface area (Å²) in [6.45, 7) is 0. The minimum Gasteiger partial charge on any atom is -0.306 e. The highest BCUT2D eigenvalue weighted by Gasteiger charge is 2.30. The molecule has 3 nitrogen and oxygen atoms in total. The van der Waals surface area contributed by atoms with Gasteiger partial charge in [-0.25, -0.2) is 4.98 Å². The molecule has 0 amide bonds. The van der Waals surface area contributed by atoms with Crippen molar-refractivity contribution >= 4 is 60.4 Å². The van der Waals surface area contributed by atoms with E-state index in [1.54, 1.807) is 0 Å². The van der Waals surface area contributed by atoms with Crippen LogP contribution >= 0.6 is 0 Å². The minimum atomic E-state index is 0.938. The van der Waals surface area contributed by atoms with Crippen molar-refractivity contribution in [2.45, 2.75) is 0 Å². The Morgan fingerprint density at radius 1 is 0.328 bits per heavy atom. The van der Waals surface area contributed by atoms with E-state index in [1.807, 2.05) is 0 Å². The molecule has 0 saturated carbocycles. The summed E-state index contributed by atoms with van der Waals surface area (Å²) in [4.78, 5) is 7.69. The van der Waals surface area contributed by atoms with Crippen molar-refractivity contribution in [3.63, 3.8) is 0 Å². The van der Waals surface area contributed by atoms with E-state index in [-0.39, 0.29) is 0 Å². The van der Waals surface area contributed by atoms with Crippen LogP contribution in [0.5, 0.6) is 0 Å². The maximum Gasteiger partial charge on any atom is 0.145 e. The molecule has 0 bridgehead atoms. The largest absolute Gasteiger partial charge is 0.306 e. The highest BCUT2D eigenvalue weighted by molar-refractivity contribution is 6.22. The van der Waals surface area contributed by atoms with Gasteiger partial charge in [0.2, 0.25) is 0 Å². The number of hydrogen-bond donors (Lipinski definition) is 0. The second-order valence-electron chi connectivity index (χ2n) is 15.1. The summed E-state index contributed by atoms with van der Waals surface area (Å²) in [7, 11) is 0. The van der Waals surface area contributed by atoms with Gasteiger partial charge in [-0.05, 0) is 114 Å². The Kier molecular flexibility index (Phi) is 7.23. The molecule has 58 heavy (non-hydrogen) atoms. The third kappa shape index (κ3) is 4.97. The number of hydrogen-bond acceptors (Lipinski definition) is 2. The third-order valence-electron chi connectivity index (χ3n) is 11.9. The fourth-order valence-corrected chi connectivity index (χ4v) is 9.29. The normalized spacial score (nSPS) is 12.1. The van der Waals surface area contributed by atoms with E-state index in [4.69, 9.17) is 4.98 Å². The smallest absolute Gasteiger partial charge is 0.145 e. The first-order valence-corrected chi connectivity index (χ1v) is 19.9. The molecule has 1 aromatic heterocycles. The van der Waals surface area contributed by atoms with E-state index in [0.717, 1.165) is 50.7 Å². The van der Waals surface area contributed by atoms with Crippen molar-refractivity contribution in [3.05, 3.63) is 212 Å². The van der Waals surface area contributed by atoms with Gasteiger partial charge in [-0.15, -0.1) is 0 Å². The van der Waals surface area contributed by atoms with Crippen LogP contribution in [0.3, 0.4) is 0 Å². The maximum atomic E-state index is 5.28. The number of para-hydroxylation sites is 2. The predicted octanol–water partition coefficient (Wildman–Crippen LogP) is 14.9. The molecule has 0 spiro atoms. The molecule has 0 aliphatic carbocycles. The summed E-state index contributed by atoms with van der Waals surface area (Å²) in [5.41, 5.74) is 14.8. The van der Waals surface area contributed by atoms with Crippen molar-refractivity contribution in [2.24, 2.45) is 0 Å². The van der Waals surface area contributed by atoms with Gasteiger partial charge in [0.05, 0.1) is 28.1 Å². The standard InChI is InChI=1S/C55H35N3/c1-4-15-36(16-5-1)40-29-31-46-47(34-40)53(45-24-13-12-23-44(45)52(46)41-28-27-37-17-10-11-20-39(37)33-41)42-30-32-49-51(35-42)57(43-21-8-3-9-22-43)50-26-14-25-48-54(50)58(49)55(56-48)38-18-6-2-7-19-38/h1-35H. The number of nitrogens with zero attached hydrogens (tertiary/aromatic N) is 3. The zero-order chi connectivity index (χ0) is 38.2. The molecule has 0 N–H and O–H groups in total. The Morgan fingerprint density at radius 2 is 0.931 bits per heavy atom. The van der Waals surface area contributed by atoms with Crippen LogP contribution < -0.4 is 4.90 Å². The Bertz CT molecular complexity index is 3380. The zero-order valence-electron chi connectivity index (χ0n) is 31.5. The van der Waals surface area contributed by atoms with Crippen LogP contribution in [0.15, 0.2) is 212 Å². The molecule has 0 saturated heterocycles. The molecule has 12 rings (SSSR count). The first-order valence-electron chi connectivity index (χ1n) is 19.9. The van der Waals surface area contributed by atoms with E-state index >= 15 is 0 Å². The van der Waals surface area contributed by atoms with Gasteiger partial charge < -0.3 is 4.90 Å². The van der Waals surface area contributed by atoms with E-state index in [9.17, 15) is 0 Å². The van der Waals surface area contributed by atoms with Crippen molar-refractivity contribution in [3.8, 4) is 50.5 Å². The summed E-state index contributed by atoms with van der Waals surface area (Å²) in [5.74, 6) is 0.938. The van der Waals surface area contributed by atoms with Crippen LogP contribution in [0.25, 0.3) is 93.8 Å². The second kappa shape index (κ2) is 12.9. The molecule has 2 heterocycles. The fourth-order valence-electron chi connectivity index (χ4n) is 9.29. The van der Waals surface area contributed by atoms with Crippen LogP contribution in [0.1, 0.15) is 0 Å². The molecule has 3 heteroatoms. The SMILES string of the molecule is c1ccc(-c2ccc3c(-c4ccc5ccccc5c4)c4ccccc4c(-c4ccc5c(c4)N(c4ccccc4)c4cccc6nc(-c7ccccc7)n-5c46)c3c2)cc1. The Hall–Kier alpha value is -7.75. The predicted molar refractivity (Wildman–Crippen MR) is 244 cm³/mol. The van der Waals surface area contributed by atoms with Crippen LogP contribution in [0.2, 0.25) is 0 Å². The average molecular weight is 738 g/mol. The number of imidazole rings is 1. The van der Waals surface area contributed by atoms with E-state index in [1.165, 1.54) is 60.1 Å². The van der Waals surface area contributed by atoms with Crippen molar-refractivity contribution in [1.29, 1.82) is 0 Å². The third-order valence-corrected chi connectivity index (χ3v) is 11.9. The van der Waals surface area contributed by atoms with Gasteiger partial charge in [-0.2, -0.15) is 0 Å². The fraction of sp³-hybridized carbons (Fsp3) is 0. The lowest BCUT2D eigenvalue weighted by atomic mass is 9.84. The van der Waals surface area contributed by atoms with Crippen LogP contribution in [0, 0.1) is 0 Å². The van der Waals surface area contributed by atoms with Gasteiger partial charge >= 0.3 is 0 Å². The van der Waals surface area contributed by atoms with Crippen molar-refractivity contribution < 1.29 is 0 Å². The van der Waals surface area contributed by atoms with Crippen LogP contribution in [-0.2, 0) is 0 Å². The molecule has 0 fully saturated rings. The topological polar surface area (TPSA) is 21.1 Å². The van der Waals surface area contributed by atoms with E-state index < -0.39 is 0 Å². The first kappa shape index (κ1) is 32.5. The van der Waals surface area contributed by atoms with Gasteiger partial charge in [-0.1, -0.05) is 164 Å². The summed E-state index contributed by atoms with van der Waals surface area (Å²) in [6, 6.07) is 77.1. The lowest BCUT2D eigenvalue weighted by molar-refractivity contribution is 1.06. The van der Waals surface area contributed by atoms with E-state index in [2.05, 4.69) is 222 Å². The van der Waals surface area contributed by atoms with Gasteiger partial charge in [0.15, 0.2) is 0 Å². The molecule has 0 radical (unpaired) electrons. The minimum absolute atomic E-state index is 0.938. The molecular weight excluding hydrogens is 703 g/mol. The molecule has 270 valence electrons. The van der Waals surface area contributed by atoms with Gasteiger partial charge in [0.1, 0.15) is 5.82 Å². The number of rotatable bonds is 5. The van der Waals surface area contributed by atoms with Crippen molar-refractivity contribution in [2.75, 3.05) is 4.90 Å². The average Bonchev–Trinajstić information content (AvgIpc) is 3.69. The van der Waals surface area contributed by atoms with Gasteiger partial charge in [-0.3, -0.25) is 4.57 Å². The molecule has 0 atom stereocenters. The first-order chi connectivity index (χ1) is 28.8. The monoisotopic (exact) mass is 737 g/mol. The number of anilines is 3. The lowest BCUT2D eigenvalue weighted by Gasteiger charge is -2.33. The molecule has 0 unspecified atom stereocenters. The number of aromatic nitrogens is 2. The Morgan fingerprint density at radius 3 is 1.71 bits per heavy atom. The molecule has 10 aromatic carbocycles. The second-order valence-corrected chi connectivity index (χ2v) is 15.1. The van der Waals surface area contributed by atoms with Crippen LogP contribution in [-0.4, -0.2) is 9.55 Å². The molecule has 1 aliphatic heterocycles. The Balaban J connectivity index is 1.18. The van der Waals surface area contributed by atoms with Crippen LogP contribution in [0.4, 0.5) is 17.1 Å². The van der Waals surface area contributed by atoms with Crippen molar-refractivity contribution in [1.82, 2.24) is 9.55 Å². The maximum absolute atomic E-state index is 5.28. The summed E-state index contributed by atoms with van der Waals surface area (Å²) >= 11 is 0. The van der Waals surface area contributed by atoms with Gasteiger partial charge in [0, 0.05) is 11.3 Å². The Labute approximate surface area is 336 Å². The highest BCUT2D eigenvalue weighted by Crippen LogP contribution is 2.51. The molecule has 11 aromatic rings.